The summed E-state index contributed by atoms with van der Waals surface area (Å²) in [6.45, 7) is 3.00. The van der Waals surface area contributed by atoms with Crippen LogP contribution in [0.4, 0.5) is 0 Å². The molecule has 1 aliphatic heterocycles. The van der Waals surface area contributed by atoms with Gasteiger partial charge in [-0.25, -0.2) is 0 Å². The number of ether oxygens (including phenoxy) is 2. The molecule has 0 spiro atoms. The van der Waals surface area contributed by atoms with E-state index in [0.29, 0.717) is 6.61 Å². The normalized spacial score (nSPS) is 23.0. The van der Waals surface area contributed by atoms with Gasteiger partial charge in [-0.3, -0.25) is 4.90 Å². The fourth-order valence-corrected chi connectivity index (χ4v) is 2.84. The predicted octanol–water partition coefficient (Wildman–Crippen LogP) is 1.16. The van der Waals surface area contributed by atoms with Crippen LogP contribution >= 0.6 is 0 Å². The molecule has 1 N–H and O–H groups in total. The molecule has 2 aromatic rings. The van der Waals surface area contributed by atoms with Crippen LogP contribution in [0, 0.1) is 0 Å². The lowest BCUT2D eigenvalue weighted by molar-refractivity contribution is 0.0948. The first-order chi connectivity index (χ1) is 10.3. The SMILES string of the molecule is COCc1ccc(CN2C[C@@H](OC)[C@H](c3cn[nH]n3)C2)o1. The van der Waals surface area contributed by atoms with Crippen molar-refractivity contribution in [3.8, 4) is 0 Å². The fraction of sp³-hybridized carbons (Fsp3) is 0.571. The van der Waals surface area contributed by atoms with Gasteiger partial charge in [0.05, 0.1) is 24.5 Å². The molecule has 0 aromatic carbocycles. The summed E-state index contributed by atoms with van der Waals surface area (Å²) in [5.74, 6) is 2.03. The zero-order chi connectivity index (χ0) is 14.7. The number of rotatable bonds is 6. The number of hydrogen-bond donors (Lipinski definition) is 1. The van der Waals surface area contributed by atoms with Crippen molar-refractivity contribution < 1.29 is 13.9 Å². The maximum Gasteiger partial charge on any atom is 0.129 e. The first-order valence-corrected chi connectivity index (χ1v) is 6.97. The van der Waals surface area contributed by atoms with Crippen molar-refractivity contribution in [1.29, 1.82) is 0 Å². The molecule has 1 saturated heterocycles. The minimum Gasteiger partial charge on any atom is -0.462 e. The number of aromatic amines is 1. The average molecular weight is 292 g/mol. The number of aromatic nitrogens is 3. The fourth-order valence-electron chi connectivity index (χ4n) is 2.84. The molecule has 2 atom stereocenters. The lowest BCUT2D eigenvalue weighted by Crippen LogP contribution is -2.22. The van der Waals surface area contributed by atoms with Gasteiger partial charge in [-0.2, -0.15) is 15.4 Å². The monoisotopic (exact) mass is 292 g/mol. The van der Waals surface area contributed by atoms with Crippen molar-refractivity contribution in [1.82, 2.24) is 20.3 Å². The van der Waals surface area contributed by atoms with Gasteiger partial charge in [0.2, 0.25) is 0 Å². The number of methoxy groups -OCH3 is 2. The van der Waals surface area contributed by atoms with E-state index in [0.717, 1.165) is 36.8 Å². The molecule has 0 bridgehead atoms. The van der Waals surface area contributed by atoms with Crippen molar-refractivity contribution >= 4 is 0 Å². The first kappa shape index (κ1) is 14.2. The highest BCUT2D eigenvalue weighted by Crippen LogP contribution is 2.29. The Bertz CT molecular complexity index is 554. The standard InChI is InChI=1S/C14H20N4O3/c1-19-9-11-4-3-10(21-11)6-18-7-12(14(8-18)20-2)13-5-15-17-16-13/h3-5,12,14H,6-9H2,1-2H3,(H,15,16,17)/t12-,14+/m0/s1. The van der Waals surface area contributed by atoms with E-state index >= 15 is 0 Å². The average Bonchev–Trinajstić information content (AvgIpc) is 3.19. The molecular formula is C14H20N4O3. The van der Waals surface area contributed by atoms with Crippen LogP contribution < -0.4 is 0 Å². The largest absolute Gasteiger partial charge is 0.462 e. The highest BCUT2D eigenvalue weighted by atomic mass is 16.5. The Morgan fingerprint density at radius 3 is 2.90 bits per heavy atom. The predicted molar refractivity (Wildman–Crippen MR) is 74.6 cm³/mol. The van der Waals surface area contributed by atoms with Crippen LogP contribution in [0.15, 0.2) is 22.7 Å². The number of likely N-dealkylation sites (tertiary alicyclic amines) is 1. The lowest BCUT2D eigenvalue weighted by atomic mass is 10.0. The Morgan fingerprint density at radius 1 is 1.33 bits per heavy atom. The molecule has 0 aliphatic carbocycles. The minimum absolute atomic E-state index is 0.128. The van der Waals surface area contributed by atoms with Crippen molar-refractivity contribution in [3.63, 3.8) is 0 Å². The molecule has 3 rings (SSSR count). The molecule has 0 amide bonds. The van der Waals surface area contributed by atoms with Gasteiger partial charge in [0.15, 0.2) is 0 Å². The number of H-pyrrole nitrogens is 1. The summed E-state index contributed by atoms with van der Waals surface area (Å²) < 4.78 is 16.4. The smallest absolute Gasteiger partial charge is 0.129 e. The molecule has 2 aromatic heterocycles. The quantitative estimate of drug-likeness (QED) is 0.861. The van der Waals surface area contributed by atoms with Gasteiger partial charge >= 0.3 is 0 Å². The minimum atomic E-state index is 0.128. The highest BCUT2D eigenvalue weighted by molar-refractivity contribution is 5.11. The van der Waals surface area contributed by atoms with Crippen molar-refractivity contribution in [2.45, 2.75) is 25.2 Å². The van der Waals surface area contributed by atoms with Gasteiger partial charge < -0.3 is 13.9 Å². The van der Waals surface area contributed by atoms with Crippen LogP contribution in [0.1, 0.15) is 23.1 Å². The van der Waals surface area contributed by atoms with Crippen LogP contribution in [0.3, 0.4) is 0 Å². The van der Waals surface area contributed by atoms with Crippen LogP contribution in [-0.2, 0) is 22.6 Å². The van der Waals surface area contributed by atoms with Gasteiger partial charge in [0.25, 0.3) is 0 Å². The second-order valence-electron chi connectivity index (χ2n) is 5.27. The Balaban J connectivity index is 1.64. The highest BCUT2D eigenvalue weighted by Gasteiger charge is 2.35. The summed E-state index contributed by atoms with van der Waals surface area (Å²) in [5.41, 5.74) is 0.948. The third-order valence-electron chi connectivity index (χ3n) is 3.84. The molecule has 1 fully saturated rings. The van der Waals surface area contributed by atoms with Gasteiger partial charge in [-0.15, -0.1) is 0 Å². The summed E-state index contributed by atoms with van der Waals surface area (Å²) >= 11 is 0. The first-order valence-electron chi connectivity index (χ1n) is 6.97. The summed E-state index contributed by atoms with van der Waals surface area (Å²) in [5, 5.41) is 10.7. The summed E-state index contributed by atoms with van der Waals surface area (Å²) in [4.78, 5) is 2.31. The lowest BCUT2D eigenvalue weighted by Gasteiger charge is -2.13. The van der Waals surface area contributed by atoms with Gasteiger partial charge in [0, 0.05) is 33.2 Å². The maximum atomic E-state index is 5.74. The molecule has 21 heavy (non-hydrogen) atoms. The second kappa shape index (κ2) is 6.38. The Morgan fingerprint density at radius 2 is 2.19 bits per heavy atom. The van der Waals surface area contributed by atoms with E-state index in [-0.39, 0.29) is 12.0 Å². The van der Waals surface area contributed by atoms with Crippen LogP contribution in [-0.4, -0.2) is 53.7 Å². The molecule has 0 radical (unpaired) electrons. The Labute approximate surface area is 123 Å². The molecule has 3 heterocycles. The van der Waals surface area contributed by atoms with E-state index in [1.807, 2.05) is 12.1 Å². The molecule has 7 heteroatoms. The summed E-state index contributed by atoms with van der Waals surface area (Å²) in [6.07, 6.45) is 1.90. The van der Waals surface area contributed by atoms with E-state index < -0.39 is 0 Å². The summed E-state index contributed by atoms with van der Waals surface area (Å²) in [7, 11) is 3.40. The van der Waals surface area contributed by atoms with Crippen LogP contribution in [0.5, 0.6) is 0 Å². The van der Waals surface area contributed by atoms with E-state index in [9.17, 15) is 0 Å². The third-order valence-corrected chi connectivity index (χ3v) is 3.84. The topological polar surface area (TPSA) is 76.4 Å². The Kier molecular flexibility index (Phi) is 4.33. The van der Waals surface area contributed by atoms with Crippen LogP contribution in [0.2, 0.25) is 0 Å². The second-order valence-corrected chi connectivity index (χ2v) is 5.27. The number of furan rings is 1. The van der Waals surface area contributed by atoms with E-state index in [4.69, 9.17) is 13.9 Å². The maximum absolute atomic E-state index is 5.74. The van der Waals surface area contributed by atoms with Gasteiger partial charge in [-0.05, 0) is 12.1 Å². The van der Waals surface area contributed by atoms with Gasteiger partial charge in [0.1, 0.15) is 18.1 Å². The summed E-state index contributed by atoms with van der Waals surface area (Å²) in [6, 6.07) is 3.96. The molecule has 0 saturated carbocycles. The van der Waals surface area contributed by atoms with Crippen molar-refractivity contribution in [2.24, 2.45) is 0 Å². The number of nitrogens with one attached hydrogen (secondary N) is 1. The zero-order valence-corrected chi connectivity index (χ0v) is 12.3. The molecule has 1 aliphatic rings. The molecule has 114 valence electrons. The van der Waals surface area contributed by atoms with E-state index in [1.165, 1.54) is 0 Å². The number of nitrogens with zero attached hydrogens (tertiary/aromatic N) is 3. The third kappa shape index (κ3) is 3.15. The van der Waals surface area contributed by atoms with Gasteiger partial charge in [-0.1, -0.05) is 0 Å². The molecular weight excluding hydrogens is 272 g/mol. The molecule has 0 unspecified atom stereocenters. The van der Waals surface area contributed by atoms with E-state index in [1.54, 1.807) is 20.4 Å². The Hall–Kier alpha value is -1.70. The number of hydrogen-bond acceptors (Lipinski definition) is 6. The van der Waals surface area contributed by atoms with Crippen LogP contribution in [0.25, 0.3) is 0 Å². The van der Waals surface area contributed by atoms with E-state index in [2.05, 4.69) is 20.3 Å². The van der Waals surface area contributed by atoms with Crippen molar-refractivity contribution in [3.05, 3.63) is 35.5 Å². The zero-order valence-electron chi connectivity index (χ0n) is 12.3. The molecule has 7 nitrogen and oxygen atoms in total. The van der Waals surface area contributed by atoms with Crippen molar-refractivity contribution in [2.75, 3.05) is 27.3 Å².